The van der Waals surface area contributed by atoms with Gasteiger partial charge in [0.25, 0.3) is 0 Å². The number of nitrogens with zero attached hydrogens (tertiary/aromatic N) is 5. The lowest BCUT2D eigenvalue weighted by Gasteiger charge is -2.17. The quantitative estimate of drug-likeness (QED) is 0.471. The topological polar surface area (TPSA) is 127 Å². The van der Waals surface area contributed by atoms with Gasteiger partial charge in [-0.05, 0) is 13.3 Å². The smallest absolute Gasteiger partial charge is 0.167 e. The number of aliphatic hydroxyl groups is 2. The fourth-order valence-electron chi connectivity index (χ4n) is 3.63. The summed E-state index contributed by atoms with van der Waals surface area (Å²) in [4.78, 5) is 17.5. The second-order valence-electron chi connectivity index (χ2n) is 7.36. The lowest BCUT2D eigenvalue weighted by molar-refractivity contribution is -0.0289. The summed E-state index contributed by atoms with van der Waals surface area (Å²) in [7, 11) is 0. The second kappa shape index (κ2) is 8.36. The molecule has 12 heteroatoms. The maximum atomic E-state index is 10.6. The number of aliphatic hydroxyl groups excluding tert-OH is 2. The minimum absolute atomic E-state index is 0.180. The highest BCUT2D eigenvalue weighted by Crippen LogP contribution is 2.35. The van der Waals surface area contributed by atoms with E-state index < -0.39 is 24.5 Å². The number of anilines is 1. The van der Waals surface area contributed by atoms with E-state index in [1.807, 2.05) is 12.3 Å². The van der Waals surface area contributed by atoms with Gasteiger partial charge >= 0.3 is 0 Å². The van der Waals surface area contributed by atoms with Crippen LogP contribution in [0.2, 0.25) is 0 Å². The molecule has 0 amide bonds. The molecule has 30 heavy (non-hydrogen) atoms. The molecule has 160 valence electrons. The van der Waals surface area contributed by atoms with E-state index in [1.54, 1.807) is 22.2 Å². The standard InChI is InChI=1S/C18H22N6O4S2/c1-9-5-29-18(22-9)30-6-11-13(25)14(26)17(28-11)24-8-21-12-15(19-7-20-16(12)24)23-10-2-3-27-4-10/h5,7-8,10-11,13-14,17,25-26H,2-4,6H2,1H3,(H,19,20,23)/t10?,11-,13-,14-,17?/m1/s1. The Morgan fingerprint density at radius 2 is 2.20 bits per heavy atom. The maximum absolute atomic E-state index is 10.6. The molecule has 3 aromatic rings. The summed E-state index contributed by atoms with van der Waals surface area (Å²) in [5.74, 6) is 1.10. The molecular weight excluding hydrogens is 428 g/mol. The molecule has 5 heterocycles. The fourth-order valence-corrected chi connectivity index (χ4v) is 5.57. The SMILES string of the molecule is Cc1csc(SC[C@H]2OC(n3cnc4c(NC5CCOC5)ncnc43)[C@H](O)[C@@H]2O)n1. The van der Waals surface area contributed by atoms with Crippen LogP contribution in [-0.4, -0.2) is 78.0 Å². The Bertz CT molecular complexity index is 1020. The van der Waals surface area contributed by atoms with E-state index in [-0.39, 0.29) is 6.04 Å². The molecule has 2 aliphatic heterocycles. The van der Waals surface area contributed by atoms with Gasteiger partial charge in [-0.2, -0.15) is 0 Å². The summed E-state index contributed by atoms with van der Waals surface area (Å²) in [5, 5.41) is 26.5. The number of ether oxygens (including phenoxy) is 2. The van der Waals surface area contributed by atoms with Crippen LogP contribution in [0.25, 0.3) is 11.2 Å². The highest BCUT2D eigenvalue weighted by atomic mass is 32.2. The number of hydrogen-bond donors (Lipinski definition) is 3. The number of nitrogens with one attached hydrogen (secondary N) is 1. The molecule has 2 fully saturated rings. The average molecular weight is 451 g/mol. The molecule has 2 aliphatic rings. The first kappa shape index (κ1) is 20.1. The molecule has 2 unspecified atom stereocenters. The van der Waals surface area contributed by atoms with Crippen molar-refractivity contribution in [2.24, 2.45) is 0 Å². The van der Waals surface area contributed by atoms with Crippen molar-refractivity contribution in [1.82, 2.24) is 24.5 Å². The van der Waals surface area contributed by atoms with Crippen LogP contribution in [0.4, 0.5) is 5.82 Å². The molecule has 3 N–H and O–H groups in total. The highest BCUT2D eigenvalue weighted by Gasteiger charge is 2.44. The van der Waals surface area contributed by atoms with Crippen LogP contribution in [0, 0.1) is 6.92 Å². The van der Waals surface area contributed by atoms with Gasteiger partial charge in [-0.25, -0.2) is 19.9 Å². The van der Waals surface area contributed by atoms with Crippen molar-refractivity contribution in [1.29, 1.82) is 0 Å². The Balaban J connectivity index is 1.34. The van der Waals surface area contributed by atoms with Crippen LogP contribution in [0.1, 0.15) is 18.3 Å². The Hall–Kier alpha value is -1.83. The number of hydrogen-bond acceptors (Lipinski definition) is 11. The lowest BCUT2D eigenvalue weighted by atomic mass is 10.1. The number of thioether (sulfide) groups is 1. The molecule has 0 aliphatic carbocycles. The van der Waals surface area contributed by atoms with Gasteiger partial charge in [0.1, 0.15) is 22.9 Å². The molecule has 3 aromatic heterocycles. The van der Waals surface area contributed by atoms with Gasteiger partial charge in [0.05, 0.1) is 25.1 Å². The van der Waals surface area contributed by atoms with Gasteiger partial charge in [-0.15, -0.1) is 11.3 Å². The highest BCUT2D eigenvalue weighted by molar-refractivity contribution is 8.01. The number of thiazole rings is 1. The van der Waals surface area contributed by atoms with E-state index in [0.717, 1.165) is 23.1 Å². The number of fused-ring (bicyclic) bond motifs is 1. The molecular formula is C18H22N6O4S2. The third-order valence-corrected chi connectivity index (χ3v) is 7.44. The molecule has 0 saturated carbocycles. The zero-order valence-electron chi connectivity index (χ0n) is 16.2. The lowest BCUT2D eigenvalue weighted by Crippen LogP contribution is -2.32. The van der Waals surface area contributed by atoms with E-state index in [1.165, 1.54) is 18.1 Å². The molecule has 2 saturated heterocycles. The summed E-state index contributed by atoms with van der Waals surface area (Å²) in [6.45, 7) is 3.29. The van der Waals surface area contributed by atoms with Gasteiger partial charge < -0.3 is 25.0 Å². The first-order valence-electron chi connectivity index (χ1n) is 9.68. The summed E-state index contributed by atoms with van der Waals surface area (Å²) in [5.41, 5.74) is 2.09. The Morgan fingerprint density at radius 3 is 2.97 bits per heavy atom. The molecule has 0 spiro atoms. The van der Waals surface area contributed by atoms with Crippen LogP contribution >= 0.6 is 23.1 Å². The van der Waals surface area contributed by atoms with Crippen molar-refractivity contribution in [3.05, 3.63) is 23.7 Å². The van der Waals surface area contributed by atoms with Crippen molar-refractivity contribution < 1.29 is 19.7 Å². The molecule has 0 aromatic carbocycles. The van der Waals surface area contributed by atoms with Crippen molar-refractivity contribution in [3.8, 4) is 0 Å². The Morgan fingerprint density at radius 1 is 1.30 bits per heavy atom. The van der Waals surface area contributed by atoms with E-state index in [2.05, 4.69) is 25.3 Å². The third kappa shape index (κ3) is 3.79. The van der Waals surface area contributed by atoms with E-state index in [9.17, 15) is 10.2 Å². The van der Waals surface area contributed by atoms with Crippen LogP contribution in [0.3, 0.4) is 0 Å². The van der Waals surface area contributed by atoms with Gasteiger partial charge in [0, 0.05) is 23.4 Å². The van der Waals surface area contributed by atoms with Crippen LogP contribution in [-0.2, 0) is 9.47 Å². The van der Waals surface area contributed by atoms with Gasteiger partial charge in [-0.1, -0.05) is 11.8 Å². The monoisotopic (exact) mass is 450 g/mol. The molecule has 5 atom stereocenters. The third-order valence-electron chi connectivity index (χ3n) is 5.21. The van der Waals surface area contributed by atoms with E-state index >= 15 is 0 Å². The number of imidazole rings is 1. The molecule has 5 rings (SSSR count). The summed E-state index contributed by atoms with van der Waals surface area (Å²) >= 11 is 3.06. The summed E-state index contributed by atoms with van der Waals surface area (Å²) in [6.07, 6.45) is 0.486. The summed E-state index contributed by atoms with van der Waals surface area (Å²) < 4.78 is 14.0. The zero-order chi connectivity index (χ0) is 20.7. The maximum Gasteiger partial charge on any atom is 0.167 e. The number of aryl methyl sites for hydroxylation is 1. The normalized spacial score (nSPS) is 29.1. The van der Waals surface area contributed by atoms with Crippen molar-refractivity contribution in [2.45, 2.75) is 48.3 Å². The zero-order valence-corrected chi connectivity index (χ0v) is 17.8. The van der Waals surface area contributed by atoms with Gasteiger partial charge in [0.2, 0.25) is 0 Å². The number of aromatic nitrogens is 5. The van der Waals surface area contributed by atoms with Crippen molar-refractivity contribution in [3.63, 3.8) is 0 Å². The Kier molecular flexibility index (Phi) is 5.60. The van der Waals surface area contributed by atoms with Crippen LogP contribution in [0.15, 0.2) is 22.4 Å². The average Bonchev–Trinajstić information content (AvgIpc) is 3.52. The van der Waals surface area contributed by atoms with Crippen molar-refractivity contribution in [2.75, 3.05) is 24.3 Å². The second-order valence-corrected chi connectivity index (χ2v) is 9.49. The van der Waals surface area contributed by atoms with E-state index in [0.29, 0.717) is 29.3 Å². The van der Waals surface area contributed by atoms with Gasteiger partial charge in [-0.3, -0.25) is 4.57 Å². The van der Waals surface area contributed by atoms with Crippen LogP contribution in [0.5, 0.6) is 0 Å². The minimum atomic E-state index is -1.10. The minimum Gasteiger partial charge on any atom is -0.387 e. The fraction of sp³-hybridized carbons (Fsp3) is 0.556. The van der Waals surface area contributed by atoms with Gasteiger partial charge in [0.15, 0.2) is 23.2 Å². The predicted molar refractivity (Wildman–Crippen MR) is 112 cm³/mol. The van der Waals surface area contributed by atoms with Crippen molar-refractivity contribution >= 4 is 40.1 Å². The Labute approximate surface area is 180 Å². The van der Waals surface area contributed by atoms with E-state index in [4.69, 9.17) is 9.47 Å². The molecule has 0 bridgehead atoms. The first-order chi connectivity index (χ1) is 14.6. The molecule has 0 radical (unpaired) electrons. The van der Waals surface area contributed by atoms with Crippen LogP contribution < -0.4 is 5.32 Å². The predicted octanol–water partition coefficient (Wildman–Crippen LogP) is 1.20. The first-order valence-corrected chi connectivity index (χ1v) is 11.5. The largest absolute Gasteiger partial charge is 0.387 e. The number of rotatable bonds is 6. The summed E-state index contributed by atoms with van der Waals surface area (Å²) in [6, 6.07) is 0.180. The molecule has 10 nitrogen and oxygen atoms in total.